The number of piperidine rings is 1. The highest BCUT2D eigenvalue weighted by atomic mass is 16.2. The average Bonchev–Trinajstić information content (AvgIpc) is 2.69. The van der Waals surface area contributed by atoms with Gasteiger partial charge in [0.15, 0.2) is 0 Å². The molecule has 1 heterocycles. The molecule has 1 aliphatic rings. The van der Waals surface area contributed by atoms with E-state index >= 15 is 0 Å². The van der Waals surface area contributed by atoms with Crippen LogP contribution in [0.2, 0.25) is 0 Å². The summed E-state index contributed by atoms with van der Waals surface area (Å²) in [5.41, 5.74) is 2.97. The summed E-state index contributed by atoms with van der Waals surface area (Å²) < 4.78 is 0. The van der Waals surface area contributed by atoms with Gasteiger partial charge in [0, 0.05) is 30.6 Å². The molecule has 0 saturated carbocycles. The van der Waals surface area contributed by atoms with Crippen molar-refractivity contribution in [3.8, 4) is 0 Å². The van der Waals surface area contributed by atoms with Crippen LogP contribution in [-0.2, 0) is 11.2 Å². The minimum Gasteiger partial charge on any atom is -0.349 e. The number of rotatable bonds is 5. The Labute approximate surface area is 161 Å². The van der Waals surface area contributed by atoms with Gasteiger partial charge in [-0.1, -0.05) is 62.4 Å². The van der Waals surface area contributed by atoms with Crippen LogP contribution in [-0.4, -0.2) is 35.8 Å². The van der Waals surface area contributed by atoms with Crippen molar-refractivity contribution in [2.24, 2.45) is 5.92 Å². The van der Waals surface area contributed by atoms with Crippen LogP contribution in [0.4, 0.5) is 0 Å². The molecule has 0 aliphatic carbocycles. The van der Waals surface area contributed by atoms with Gasteiger partial charge in [0.2, 0.25) is 5.91 Å². The normalized spacial score (nSPS) is 15.0. The van der Waals surface area contributed by atoms with Crippen LogP contribution in [0.5, 0.6) is 0 Å². The van der Waals surface area contributed by atoms with Gasteiger partial charge in [0.1, 0.15) is 0 Å². The summed E-state index contributed by atoms with van der Waals surface area (Å²) in [5, 5.41) is 3.17. The molecule has 2 amide bonds. The van der Waals surface area contributed by atoms with Gasteiger partial charge < -0.3 is 10.2 Å². The van der Waals surface area contributed by atoms with Crippen molar-refractivity contribution in [2.45, 2.75) is 39.2 Å². The molecule has 0 aromatic heterocycles. The Morgan fingerprint density at radius 1 is 1.00 bits per heavy atom. The SMILES string of the molecule is CC(C)C(=O)N1CCC(NC(=O)c2ccccc2Cc2ccccc2)CC1. The number of likely N-dealkylation sites (tertiary alicyclic amines) is 1. The number of carbonyl (C=O) groups excluding carboxylic acids is 2. The van der Waals surface area contributed by atoms with E-state index in [4.69, 9.17) is 0 Å². The van der Waals surface area contributed by atoms with Crippen molar-refractivity contribution in [2.75, 3.05) is 13.1 Å². The largest absolute Gasteiger partial charge is 0.349 e. The van der Waals surface area contributed by atoms with Crippen LogP contribution in [0.15, 0.2) is 54.6 Å². The predicted octanol–water partition coefficient (Wildman–Crippen LogP) is 3.65. The lowest BCUT2D eigenvalue weighted by atomic mass is 9.98. The summed E-state index contributed by atoms with van der Waals surface area (Å²) in [6.45, 7) is 5.29. The highest BCUT2D eigenvalue weighted by Crippen LogP contribution is 2.17. The Bertz CT molecular complexity index is 778. The third kappa shape index (κ3) is 4.97. The van der Waals surface area contributed by atoms with Crippen LogP contribution in [0.1, 0.15) is 48.2 Å². The van der Waals surface area contributed by atoms with E-state index in [2.05, 4.69) is 17.4 Å². The molecular weight excluding hydrogens is 336 g/mol. The average molecular weight is 364 g/mol. The molecule has 1 N–H and O–H groups in total. The Kier molecular flexibility index (Phi) is 6.28. The summed E-state index contributed by atoms with van der Waals surface area (Å²) in [6.07, 6.45) is 2.36. The van der Waals surface area contributed by atoms with E-state index in [0.717, 1.165) is 30.4 Å². The van der Waals surface area contributed by atoms with Gasteiger partial charge in [0.25, 0.3) is 5.91 Å². The lowest BCUT2D eigenvalue weighted by molar-refractivity contribution is -0.135. The zero-order valence-corrected chi connectivity index (χ0v) is 16.2. The molecule has 0 spiro atoms. The minimum absolute atomic E-state index is 0.0184. The molecule has 0 radical (unpaired) electrons. The highest BCUT2D eigenvalue weighted by molar-refractivity contribution is 5.96. The first-order valence-corrected chi connectivity index (χ1v) is 9.76. The summed E-state index contributed by atoms with van der Waals surface area (Å²) in [5.74, 6) is 0.212. The second kappa shape index (κ2) is 8.85. The third-order valence-corrected chi connectivity index (χ3v) is 5.14. The molecule has 0 atom stereocenters. The van der Waals surface area contributed by atoms with Gasteiger partial charge in [0.05, 0.1) is 0 Å². The van der Waals surface area contributed by atoms with Crippen molar-refractivity contribution < 1.29 is 9.59 Å². The fraction of sp³-hybridized carbons (Fsp3) is 0.391. The third-order valence-electron chi connectivity index (χ3n) is 5.14. The number of hydrogen-bond donors (Lipinski definition) is 1. The van der Waals surface area contributed by atoms with E-state index in [1.54, 1.807) is 0 Å². The summed E-state index contributed by atoms with van der Waals surface area (Å²) in [6, 6.07) is 18.1. The van der Waals surface area contributed by atoms with Gasteiger partial charge in [-0.25, -0.2) is 0 Å². The number of nitrogens with one attached hydrogen (secondary N) is 1. The smallest absolute Gasteiger partial charge is 0.251 e. The number of benzene rings is 2. The first-order chi connectivity index (χ1) is 13.0. The predicted molar refractivity (Wildman–Crippen MR) is 108 cm³/mol. The number of nitrogens with zero attached hydrogens (tertiary/aromatic N) is 1. The number of hydrogen-bond acceptors (Lipinski definition) is 2. The first-order valence-electron chi connectivity index (χ1n) is 9.76. The second-order valence-corrected chi connectivity index (χ2v) is 7.55. The van der Waals surface area contributed by atoms with E-state index in [1.165, 1.54) is 5.56 Å². The lowest BCUT2D eigenvalue weighted by Crippen LogP contribution is -2.47. The topological polar surface area (TPSA) is 49.4 Å². The molecule has 1 aliphatic heterocycles. The van der Waals surface area contributed by atoms with Crippen molar-refractivity contribution in [3.63, 3.8) is 0 Å². The van der Waals surface area contributed by atoms with Gasteiger partial charge in [-0.3, -0.25) is 9.59 Å². The summed E-state index contributed by atoms with van der Waals surface area (Å²) in [7, 11) is 0. The minimum atomic E-state index is -0.0184. The fourth-order valence-corrected chi connectivity index (χ4v) is 3.58. The zero-order chi connectivity index (χ0) is 19.2. The molecule has 4 nitrogen and oxygen atoms in total. The molecule has 0 unspecified atom stereocenters. The molecule has 27 heavy (non-hydrogen) atoms. The van der Waals surface area contributed by atoms with E-state index in [1.807, 2.05) is 61.2 Å². The van der Waals surface area contributed by atoms with Crippen LogP contribution in [0.25, 0.3) is 0 Å². The van der Waals surface area contributed by atoms with Crippen molar-refractivity contribution in [1.82, 2.24) is 10.2 Å². The Morgan fingerprint density at radius 3 is 2.30 bits per heavy atom. The summed E-state index contributed by atoms with van der Waals surface area (Å²) >= 11 is 0. The molecular formula is C23H28N2O2. The molecule has 1 fully saturated rings. The lowest BCUT2D eigenvalue weighted by Gasteiger charge is -2.33. The molecule has 4 heteroatoms. The van der Waals surface area contributed by atoms with Gasteiger partial charge in [-0.15, -0.1) is 0 Å². The molecule has 1 saturated heterocycles. The van der Waals surface area contributed by atoms with Crippen LogP contribution >= 0.6 is 0 Å². The Balaban J connectivity index is 1.61. The number of carbonyl (C=O) groups is 2. The zero-order valence-electron chi connectivity index (χ0n) is 16.2. The van der Waals surface area contributed by atoms with E-state index in [9.17, 15) is 9.59 Å². The van der Waals surface area contributed by atoms with Crippen molar-refractivity contribution >= 4 is 11.8 Å². The molecule has 3 rings (SSSR count). The molecule has 2 aromatic rings. The van der Waals surface area contributed by atoms with E-state index in [0.29, 0.717) is 13.1 Å². The standard InChI is InChI=1S/C23H28N2O2/c1-17(2)23(27)25-14-12-20(13-15-25)24-22(26)21-11-7-6-10-19(21)16-18-8-4-3-5-9-18/h3-11,17,20H,12-16H2,1-2H3,(H,24,26). The monoisotopic (exact) mass is 364 g/mol. The van der Waals surface area contributed by atoms with Crippen LogP contribution in [0.3, 0.4) is 0 Å². The van der Waals surface area contributed by atoms with Crippen molar-refractivity contribution in [1.29, 1.82) is 0 Å². The molecule has 142 valence electrons. The summed E-state index contributed by atoms with van der Waals surface area (Å²) in [4.78, 5) is 26.9. The van der Waals surface area contributed by atoms with Gasteiger partial charge >= 0.3 is 0 Å². The van der Waals surface area contributed by atoms with Crippen molar-refractivity contribution in [3.05, 3.63) is 71.3 Å². The van der Waals surface area contributed by atoms with Crippen LogP contribution in [0, 0.1) is 5.92 Å². The molecule has 2 aromatic carbocycles. The fourth-order valence-electron chi connectivity index (χ4n) is 3.58. The van der Waals surface area contributed by atoms with E-state index in [-0.39, 0.29) is 23.8 Å². The maximum absolute atomic E-state index is 12.9. The maximum atomic E-state index is 12.9. The quantitative estimate of drug-likeness (QED) is 0.880. The van der Waals surface area contributed by atoms with Gasteiger partial charge in [-0.2, -0.15) is 0 Å². The van der Waals surface area contributed by atoms with E-state index < -0.39 is 0 Å². The van der Waals surface area contributed by atoms with Crippen LogP contribution < -0.4 is 5.32 Å². The second-order valence-electron chi connectivity index (χ2n) is 7.55. The maximum Gasteiger partial charge on any atom is 0.251 e. The first kappa shape index (κ1) is 19.2. The number of amides is 2. The van der Waals surface area contributed by atoms with Gasteiger partial charge in [-0.05, 0) is 36.5 Å². The Morgan fingerprint density at radius 2 is 1.63 bits per heavy atom. The molecule has 0 bridgehead atoms. The highest BCUT2D eigenvalue weighted by Gasteiger charge is 2.25. The Hall–Kier alpha value is -2.62.